The van der Waals surface area contributed by atoms with Gasteiger partial charge in [0, 0.05) is 18.0 Å². The average Bonchev–Trinajstić information content (AvgIpc) is 2.48. The van der Waals surface area contributed by atoms with Crippen LogP contribution in [0.4, 0.5) is 4.79 Å². The predicted octanol–water partition coefficient (Wildman–Crippen LogP) is 3.34. The Kier molecular flexibility index (Phi) is 4.85. The van der Waals surface area contributed by atoms with E-state index in [0.717, 1.165) is 12.0 Å². The van der Waals surface area contributed by atoms with E-state index in [9.17, 15) is 4.79 Å². The number of azide groups is 1. The van der Waals surface area contributed by atoms with Crippen LogP contribution in [0.3, 0.4) is 0 Å². The maximum atomic E-state index is 12.0. The summed E-state index contributed by atoms with van der Waals surface area (Å²) in [5, 5.41) is 3.75. The summed E-state index contributed by atoms with van der Waals surface area (Å²) in [6, 6.07) is 9.38. The highest BCUT2D eigenvalue weighted by atomic mass is 16.6. The van der Waals surface area contributed by atoms with Crippen molar-refractivity contribution >= 4 is 6.09 Å². The number of amides is 1. The maximum Gasteiger partial charge on any atom is 0.410 e. The van der Waals surface area contributed by atoms with Crippen molar-refractivity contribution in [1.29, 1.82) is 0 Å². The molecule has 0 spiro atoms. The van der Waals surface area contributed by atoms with Crippen molar-refractivity contribution in [3.05, 3.63) is 46.3 Å². The number of rotatable bonds is 3. The van der Waals surface area contributed by atoms with E-state index in [-0.39, 0.29) is 18.7 Å². The van der Waals surface area contributed by atoms with E-state index in [1.807, 2.05) is 37.3 Å². The summed E-state index contributed by atoms with van der Waals surface area (Å²) in [5.74, 6) is 0.295. The SMILES string of the molecule is C[C@@H]1CCN(C(=O)OCc2ccccc2)C[C@H]1N=[N+]=[N-]. The molecule has 2 atom stereocenters. The molecule has 1 aromatic rings. The van der Waals surface area contributed by atoms with Gasteiger partial charge in [-0.25, -0.2) is 4.79 Å². The van der Waals surface area contributed by atoms with Crippen LogP contribution >= 0.6 is 0 Å². The monoisotopic (exact) mass is 274 g/mol. The van der Waals surface area contributed by atoms with Crippen LogP contribution in [-0.4, -0.2) is 30.1 Å². The zero-order valence-corrected chi connectivity index (χ0v) is 11.5. The molecule has 0 saturated carbocycles. The Morgan fingerprint density at radius 1 is 1.50 bits per heavy atom. The molecule has 1 amide bonds. The maximum absolute atomic E-state index is 12.0. The van der Waals surface area contributed by atoms with Crippen molar-refractivity contribution in [2.24, 2.45) is 11.0 Å². The van der Waals surface area contributed by atoms with Gasteiger partial charge >= 0.3 is 6.09 Å². The number of likely N-dealkylation sites (tertiary alicyclic amines) is 1. The van der Waals surface area contributed by atoms with E-state index in [4.69, 9.17) is 10.3 Å². The van der Waals surface area contributed by atoms with E-state index in [0.29, 0.717) is 19.0 Å². The Balaban J connectivity index is 1.88. The number of carbonyl (C=O) groups is 1. The molecule has 1 aliphatic rings. The van der Waals surface area contributed by atoms with E-state index in [2.05, 4.69) is 10.0 Å². The molecule has 0 unspecified atom stereocenters. The number of piperidine rings is 1. The molecular weight excluding hydrogens is 256 g/mol. The smallest absolute Gasteiger partial charge is 0.410 e. The van der Waals surface area contributed by atoms with Crippen molar-refractivity contribution in [3.8, 4) is 0 Å². The molecule has 0 N–H and O–H groups in total. The molecule has 6 nitrogen and oxygen atoms in total. The molecule has 106 valence electrons. The number of hydrogen-bond donors (Lipinski definition) is 0. The first-order valence-corrected chi connectivity index (χ1v) is 6.70. The molecule has 1 fully saturated rings. The summed E-state index contributed by atoms with van der Waals surface area (Å²) in [6.45, 7) is 3.37. The summed E-state index contributed by atoms with van der Waals surface area (Å²) in [5.41, 5.74) is 9.49. The minimum Gasteiger partial charge on any atom is -0.445 e. The largest absolute Gasteiger partial charge is 0.445 e. The summed E-state index contributed by atoms with van der Waals surface area (Å²) in [6.07, 6.45) is 0.475. The Hall–Kier alpha value is -2.20. The second-order valence-electron chi connectivity index (χ2n) is 5.02. The second-order valence-corrected chi connectivity index (χ2v) is 5.02. The molecule has 0 radical (unpaired) electrons. The topological polar surface area (TPSA) is 78.3 Å². The van der Waals surface area contributed by atoms with Crippen molar-refractivity contribution in [2.75, 3.05) is 13.1 Å². The van der Waals surface area contributed by atoms with Gasteiger partial charge in [-0.3, -0.25) is 0 Å². The van der Waals surface area contributed by atoms with Gasteiger partial charge in [0.2, 0.25) is 0 Å². The summed E-state index contributed by atoms with van der Waals surface area (Å²) in [7, 11) is 0. The molecule has 20 heavy (non-hydrogen) atoms. The fourth-order valence-electron chi connectivity index (χ4n) is 2.24. The van der Waals surface area contributed by atoms with Gasteiger partial charge < -0.3 is 9.64 Å². The highest BCUT2D eigenvalue weighted by molar-refractivity contribution is 5.67. The Morgan fingerprint density at radius 3 is 2.95 bits per heavy atom. The van der Waals surface area contributed by atoms with Crippen molar-refractivity contribution in [1.82, 2.24) is 4.90 Å². The molecule has 1 heterocycles. The molecule has 1 aromatic carbocycles. The van der Waals surface area contributed by atoms with Crippen LogP contribution in [-0.2, 0) is 11.3 Å². The van der Waals surface area contributed by atoms with Crippen molar-refractivity contribution in [3.63, 3.8) is 0 Å². The number of carbonyl (C=O) groups excluding carboxylic acids is 1. The third kappa shape index (κ3) is 3.65. The first kappa shape index (κ1) is 14.2. The summed E-state index contributed by atoms with van der Waals surface area (Å²) >= 11 is 0. The molecule has 0 aromatic heterocycles. The van der Waals surface area contributed by atoms with Gasteiger partial charge in [0.05, 0.1) is 6.04 Å². The normalized spacial score (nSPS) is 21.9. The number of hydrogen-bond acceptors (Lipinski definition) is 3. The lowest BCUT2D eigenvalue weighted by atomic mass is 9.94. The zero-order chi connectivity index (χ0) is 14.4. The van der Waals surface area contributed by atoms with Gasteiger partial charge in [0.25, 0.3) is 0 Å². The lowest BCUT2D eigenvalue weighted by Crippen LogP contribution is -2.45. The predicted molar refractivity (Wildman–Crippen MR) is 74.9 cm³/mol. The van der Waals surface area contributed by atoms with Crippen LogP contribution in [0.25, 0.3) is 10.4 Å². The second kappa shape index (κ2) is 6.82. The molecule has 0 aliphatic carbocycles. The van der Waals surface area contributed by atoms with Crippen LogP contribution in [0.2, 0.25) is 0 Å². The summed E-state index contributed by atoms with van der Waals surface area (Å²) < 4.78 is 5.28. The van der Waals surface area contributed by atoms with E-state index in [1.165, 1.54) is 0 Å². The fourth-order valence-corrected chi connectivity index (χ4v) is 2.24. The highest BCUT2D eigenvalue weighted by Gasteiger charge is 2.28. The van der Waals surface area contributed by atoms with E-state index >= 15 is 0 Å². The first-order chi connectivity index (χ1) is 9.70. The zero-order valence-electron chi connectivity index (χ0n) is 11.5. The third-order valence-electron chi connectivity index (χ3n) is 3.58. The molecule has 1 saturated heterocycles. The van der Waals surface area contributed by atoms with Gasteiger partial charge in [0.1, 0.15) is 6.61 Å². The van der Waals surface area contributed by atoms with Gasteiger partial charge in [0.15, 0.2) is 0 Å². The lowest BCUT2D eigenvalue weighted by molar-refractivity contribution is 0.0788. The number of nitrogens with zero attached hydrogens (tertiary/aromatic N) is 4. The van der Waals surface area contributed by atoms with Crippen molar-refractivity contribution < 1.29 is 9.53 Å². The standard InChI is InChI=1S/C14H18N4O2/c1-11-7-8-18(9-13(11)16-17-15)14(19)20-10-12-5-3-2-4-6-12/h2-6,11,13H,7-10H2,1H3/t11-,13-/m1/s1. The average molecular weight is 274 g/mol. The van der Waals surface area contributed by atoms with Gasteiger partial charge in [-0.15, -0.1) is 0 Å². The van der Waals surface area contributed by atoms with Crippen LogP contribution in [0.5, 0.6) is 0 Å². The lowest BCUT2D eigenvalue weighted by Gasteiger charge is -2.33. The fraction of sp³-hybridized carbons (Fsp3) is 0.500. The van der Waals surface area contributed by atoms with Crippen LogP contribution in [0.15, 0.2) is 35.4 Å². The number of benzene rings is 1. The van der Waals surface area contributed by atoms with Gasteiger partial charge in [-0.2, -0.15) is 0 Å². The molecule has 6 heteroatoms. The van der Waals surface area contributed by atoms with Crippen molar-refractivity contribution in [2.45, 2.75) is 26.0 Å². The van der Waals surface area contributed by atoms with Crippen LogP contribution in [0.1, 0.15) is 18.9 Å². The van der Waals surface area contributed by atoms with E-state index < -0.39 is 0 Å². The third-order valence-corrected chi connectivity index (χ3v) is 3.58. The van der Waals surface area contributed by atoms with Crippen LogP contribution < -0.4 is 0 Å². The number of ether oxygens (including phenoxy) is 1. The van der Waals surface area contributed by atoms with Crippen LogP contribution in [0, 0.1) is 5.92 Å². The molecule has 2 rings (SSSR count). The summed E-state index contributed by atoms with van der Waals surface area (Å²) in [4.78, 5) is 16.5. The highest BCUT2D eigenvalue weighted by Crippen LogP contribution is 2.21. The first-order valence-electron chi connectivity index (χ1n) is 6.70. The quantitative estimate of drug-likeness (QED) is 0.481. The molecular formula is C14H18N4O2. The minimum absolute atomic E-state index is 0.168. The van der Waals surface area contributed by atoms with Gasteiger partial charge in [-0.1, -0.05) is 42.4 Å². The minimum atomic E-state index is -0.348. The Bertz CT molecular complexity index is 499. The molecule has 1 aliphatic heterocycles. The Morgan fingerprint density at radius 2 is 2.25 bits per heavy atom. The Labute approximate surface area is 118 Å². The van der Waals surface area contributed by atoms with Gasteiger partial charge in [-0.05, 0) is 23.4 Å². The van der Waals surface area contributed by atoms with E-state index in [1.54, 1.807) is 4.90 Å². The molecule has 0 bridgehead atoms.